The summed E-state index contributed by atoms with van der Waals surface area (Å²) >= 11 is 0. The van der Waals surface area contributed by atoms with Crippen LogP contribution in [0.2, 0.25) is 0 Å². The van der Waals surface area contributed by atoms with Crippen molar-refractivity contribution in [2.75, 3.05) is 30.3 Å². The summed E-state index contributed by atoms with van der Waals surface area (Å²) in [5.41, 5.74) is 0.144. The number of anilines is 2. The van der Waals surface area contributed by atoms with Gasteiger partial charge in [0.25, 0.3) is 0 Å². The molecule has 0 bridgehead atoms. The fraction of sp³-hybridized carbons (Fsp3) is 0.714. The van der Waals surface area contributed by atoms with Crippen molar-refractivity contribution in [1.29, 1.82) is 0 Å². The predicted octanol–water partition coefficient (Wildman–Crippen LogP) is 1.56. The van der Waals surface area contributed by atoms with Crippen LogP contribution in [-0.2, 0) is 4.74 Å². The molecule has 1 saturated heterocycles. The summed E-state index contributed by atoms with van der Waals surface area (Å²) < 4.78 is 5.43. The van der Waals surface area contributed by atoms with Gasteiger partial charge in [-0.05, 0) is 20.3 Å². The van der Waals surface area contributed by atoms with E-state index in [1.54, 1.807) is 0 Å². The van der Waals surface area contributed by atoms with Crippen LogP contribution in [0.5, 0.6) is 0 Å². The molecule has 0 aliphatic carbocycles. The first-order chi connectivity index (χ1) is 9.57. The molecule has 6 nitrogen and oxygen atoms in total. The van der Waals surface area contributed by atoms with Crippen LogP contribution < -0.4 is 10.6 Å². The minimum atomic E-state index is -0.825. The number of aliphatic hydroxyl groups is 1. The lowest BCUT2D eigenvalue weighted by molar-refractivity contribution is -0.0176. The summed E-state index contributed by atoms with van der Waals surface area (Å²) in [4.78, 5) is 8.49. The zero-order valence-corrected chi connectivity index (χ0v) is 12.4. The van der Waals surface area contributed by atoms with E-state index in [0.29, 0.717) is 19.6 Å². The van der Waals surface area contributed by atoms with Gasteiger partial charge < -0.3 is 20.5 Å². The molecule has 0 amide bonds. The summed E-state index contributed by atoms with van der Waals surface area (Å²) in [6.07, 6.45) is 3.06. The van der Waals surface area contributed by atoms with E-state index in [4.69, 9.17) is 4.74 Å². The fourth-order valence-corrected chi connectivity index (χ4v) is 2.29. The van der Waals surface area contributed by atoms with E-state index in [1.807, 2.05) is 13.8 Å². The van der Waals surface area contributed by atoms with Crippen LogP contribution in [0.4, 0.5) is 11.6 Å². The summed E-state index contributed by atoms with van der Waals surface area (Å²) in [5, 5.41) is 17.0. The second-order valence-electron chi connectivity index (χ2n) is 5.34. The third kappa shape index (κ3) is 3.19. The van der Waals surface area contributed by atoms with Crippen molar-refractivity contribution < 1.29 is 9.84 Å². The van der Waals surface area contributed by atoms with Gasteiger partial charge in [0, 0.05) is 31.7 Å². The number of aromatic nitrogens is 2. The molecule has 2 heterocycles. The number of rotatable bonds is 6. The first-order valence-corrected chi connectivity index (χ1v) is 7.20. The number of nitrogens with one attached hydrogen (secondary N) is 2. The minimum absolute atomic E-state index is 0.158. The molecular weight excluding hydrogens is 256 g/mol. The molecule has 0 spiro atoms. The maximum atomic E-state index is 10.5. The van der Waals surface area contributed by atoms with E-state index in [-0.39, 0.29) is 6.10 Å². The Morgan fingerprint density at radius 1 is 1.40 bits per heavy atom. The highest BCUT2D eigenvalue weighted by Crippen LogP contribution is 2.27. The Kier molecular flexibility index (Phi) is 4.77. The highest BCUT2D eigenvalue weighted by atomic mass is 16.5. The van der Waals surface area contributed by atoms with E-state index in [1.165, 1.54) is 6.33 Å². The van der Waals surface area contributed by atoms with E-state index < -0.39 is 5.60 Å². The van der Waals surface area contributed by atoms with Gasteiger partial charge in [-0.15, -0.1) is 0 Å². The largest absolute Gasteiger partial charge is 0.385 e. The van der Waals surface area contributed by atoms with Gasteiger partial charge >= 0.3 is 0 Å². The molecule has 1 fully saturated rings. The molecule has 1 aromatic rings. The van der Waals surface area contributed by atoms with Gasteiger partial charge in [0.05, 0.1) is 6.10 Å². The molecule has 0 aromatic carbocycles. The second kappa shape index (κ2) is 6.37. The van der Waals surface area contributed by atoms with Crippen molar-refractivity contribution in [3.63, 3.8) is 0 Å². The zero-order chi connectivity index (χ0) is 14.6. The maximum Gasteiger partial charge on any atom is 0.134 e. The van der Waals surface area contributed by atoms with Gasteiger partial charge in [-0.2, -0.15) is 0 Å². The summed E-state index contributed by atoms with van der Waals surface area (Å²) in [5.74, 6) is 1.60. The van der Waals surface area contributed by atoms with E-state index in [2.05, 4.69) is 27.5 Å². The minimum Gasteiger partial charge on any atom is -0.385 e. The Morgan fingerprint density at radius 2 is 2.10 bits per heavy atom. The summed E-state index contributed by atoms with van der Waals surface area (Å²) in [6, 6.07) is 0. The van der Waals surface area contributed by atoms with Crippen LogP contribution >= 0.6 is 0 Å². The Hall–Kier alpha value is -1.40. The SMILES string of the molecule is CCCNc1ncnc(NCC2(O)CCOC2C)c1C. The van der Waals surface area contributed by atoms with Crippen LogP contribution in [0.1, 0.15) is 32.3 Å². The van der Waals surface area contributed by atoms with Crippen molar-refractivity contribution in [3.05, 3.63) is 11.9 Å². The Balaban J connectivity index is 2.02. The molecule has 6 heteroatoms. The van der Waals surface area contributed by atoms with Crippen LogP contribution in [0.3, 0.4) is 0 Å². The Labute approximate surface area is 120 Å². The first-order valence-electron chi connectivity index (χ1n) is 7.20. The lowest BCUT2D eigenvalue weighted by Crippen LogP contribution is -2.43. The number of nitrogens with zero attached hydrogens (tertiary/aromatic N) is 2. The molecule has 0 saturated carbocycles. The lowest BCUT2D eigenvalue weighted by atomic mass is 9.97. The molecule has 20 heavy (non-hydrogen) atoms. The van der Waals surface area contributed by atoms with Gasteiger partial charge in [0.15, 0.2) is 0 Å². The van der Waals surface area contributed by atoms with E-state index in [9.17, 15) is 5.11 Å². The topological polar surface area (TPSA) is 79.3 Å². The number of hydrogen-bond donors (Lipinski definition) is 3. The molecular formula is C14H24N4O2. The van der Waals surface area contributed by atoms with Crippen LogP contribution in [0, 0.1) is 6.92 Å². The zero-order valence-electron chi connectivity index (χ0n) is 12.4. The normalized spacial score (nSPS) is 25.7. The van der Waals surface area contributed by atoms with Crippen LogP contribution in [-0.4, -0.2) is 46.5 Å². The van der Waals surface area contributed by atoms with Crippen LogP contribution in [0.25, 0.3) is 0 Å². The lowest BCUT2D eigenvalue weighted by Gasteiger charge is -2.26. The molecule has 2 atom stereocenters. The predicted molar refractivity (Wildman–Crippen MR) is 79.0 cm³/mol. The van der Waals surface area contributed by atoms with Gasteiger partial charge in [-0.3, -0.25) is 0 Å². The van der Waals surface area contributed by atoms with E-state index >= 15 is 0 Å². The second-order valence-corrected chi connectivity index (χ2v) is 5.34. The molecule has 0 radical (unpaired) electrons. The smallest absolute Gasteiger partial charge is 0.134 e. The molecule has 1 aliphatic rings. The Morgan fingerprint density at radius 3 is 2.70 bits per heavy atom. The third-order valence-electron chi connectivity index (χ3n) is 3.85. The van der Waals surface area contributed by atoms with Gasteiger partial charge in [0.1, 0.15) is 23.6 Å². The van der Waals surface area contributed by atoms with Crippen LogP contribution in [0.15, 0.2) is 6.33 Å². The molecule has 3 N–H and O–H groups in total. The van der Waals surface area contributed by atoms with Crippen molar-refractivity contribution in [1.82, 2.24) is 9.97 Å². The molecule has 1 aromatic heterocycles. The summed E-state index contributed by atoms with van der Waals surface area (Å²) in [7, 11) is 0. The van der Waals surface area contributed by atoms with Crippen molar-refractivity contribution >= 4 is 11.6 Å². The maximum absolute atomic E-state index is 10.5. The molecule has 112 valence electrons. The van der Waals surface area contributed by atoms with Gasteiger partial charge in [-0.1, -0.05) is 6.92 Å². The average Bonchev–Trinajstić information content (AvgIpc) is 2.77. The number of hydrogen-bond acceptors (Lipinski definition) is 6. The first kappa shape index (κ1) is 15.0. The van der Waals surface area contributed by atoms with Crippen molar-refractivity contribution in [3.8, 4) is 0 Å². The Bertz CT molecular complexity index is 455. The standard InChI is InChI=1S/C14H24N4O2/c1-4-6-15-12-10(2)13(18-9-17-12)16-8-14(19)5-7-20-11(14)3/h9,11,19H,4-8H2,1-3H3,(H2,15,16,17,18). The number of ether oxygens (including phenoxy) is 1. The van der Waals surface area contributed by atoms with E-state index in [0.717, 1.165) is 30.2 Å². The molecule has 2 rings (SSSR count). The highest BCUT2D eigenvalue weighted by molar-refractivity contribution is 5.56. The van der Waals surface area contributed by atoms with Crippen molar-refractivity contribution in [2.45, 2.75) is 45.3 Å². The average molecular weight is 280 g/mol. The van der Waals surface area contributed by atoms with Gasteiger partial charge in [-0.25, -0.2) is 9.97 Å². The molecule has 2 unspecified atom stereocenters. The fourth-order valence-electron chi connectivity index (χ4n) is 2.29. The monoisotopic (exact) mass is 280 g/mol. The van der Waals surface area contributed by atoms with Crippen molar-refractivity contribution in [2.24, 2.45) is 0 Å². The molecule has 1 aliphatic heterocycles. The van der Waals surface area contributed by atoms with Gasteiger partial charge in [0.2, 0.25) is 0 Å². The summed E-state index contributed by atoms with van der Waals surface area (Å²) in [6.45, 7) is 7.89. The third-order valence-corrected chi connectivity index (χ3v) is 3.85. The quantitative estimate of drug-likeness (QED) is 0.734. The highest BCUT2D eigenvalue weighted by Gasteiger charge is 2.39.